The number of rotatable bonds is 2. The smallest absolute Gasteiger partial charge is 0.256 e. The van der Waals surface area contributed by atoms with Gasteiger partial charge in [-0.3, -0.25) is 14.3 Å². The number of hydrogen-bond donors (Lipinski definition) is 2. The zero-order valence-electron chi connectivity index (χ0n) is 17.6. The Balaban J connectivity index is 1.82. The van der Waals surface area contributed by atoms with Gasteiger partial charge >= 0.3 is 0 Å². The Morgan fingerprint density at radius 3 is 2.72 bits per heavy atom. The van der Waals surface area contributed by atoms with Crippen molar-refractivity contribution >= 4 is 44.0 Å². The Kier molecular flexibility index (Phi) is 3.65. The second kappa shape index (κ2) is 6.34. The van der Waals surface area contributed by atoms with Gasteiger partial charge in [0, 0.05) is 46.0 Å². The first-order valence-electron chi connectivity index (χ1n) is 10.1. The minimum Gasteiger partial charge on any atom is -0.497 e. The first-order chi connectivity index (χ1) is 15.5. The van der Waals surface area contributed by atoms with Crippen molar-refractivity contribution in [2.24, 2.45) is 7.05 Å². The van der Waals surface area contributed by atoms with Crippen LogP contribution in [0.5, 0.6) is 5.75 Å². The summed E-state index contributed by atoms with van der Waals surface area (Å²) in [7, 11) is 3.45. The molecule has 0 amide bonds. The van der Waals surface area contributed by atoms with E-state index in [1.807, 2.05) is 25.2 Å². The number of nitrogens with one attached hydrogen (secondary N) is 2. The van der Waals surface area contributed by atoms with Gasteiger partial charge in [0.1, 0.15) is 16.8 Å². The molecule has 0 aliphatic rings. The molecular formula is C24H18N4O4. The number of aryl methyl sites for hydroxylation is 2. The molecule has 6 aromatic rings. The van der Waals surface area contributed by atoms with Crippen LogP contribution in [0.1, 0.15) is 5.56 Å². The number of methoxy groups -OCH3 is 1. The third kappa shape index (κ3) is 2.40. The highest BCUT2D eigenvalue weighted by Crippen LogP contribution is 2.39. The van der Waals surface area contributed by atoms with Crippen molar-refractivity contribution in [1.29, 1.82) is 0 Å². The average Bonchev–Trinajstić information content (AvgIpc) is 3.35. The fraction of sp³-hybridized carbons (Fsp3) is 0.125. The molecule has 0 saturated heterocycles. The summed E-state index contributed by atoms with van der Waals surface area (Å²) in [5, 5.41) is 5.43. The van der Waals surface area contributed by atoms with Crippen LogP contribution in [-0.2, 0) is 7.05 Å². The van der Waals surface area contributed by atoms with Gasteiger partial charge < -0.3 is 19.2 Å². The lowest BCUT2D eigenvalue weighted by Gasteiger charge is -2.08. The van der Waals surface area contributed by atoms with Crippen molar-refractivity contribution in [1.82, 2.24) is 19.7 Å². The van der Waals surface area contributed by atoms with E-state index in [-0.39, 0.29) is 11.0 Å². The molecule has 8 nitrogen and oxygen atoms in total. The Bertz CT molecular complexity index is 1840. The van der Waals surface area contributed by atoms with E-state index in [1.165, 1.54) is 6.07 Å². The number of nitrogens with zero attached hydrogens (tertiary/aromatic N) is 2. The summed E-state index contributed by atoms with van der Waals surface area (Å²) in [6, 6.07) is 10.6. The van der Waals surface area contributed by atoms with E-state index < -0.39 is 0 Å². The van der Waals surface area contributed by atoms with Gasteiger partial charge in [-0.15, -0.1) is 0 Å². The second-order valence-corrected chi connectivity index (χ2v) is 7.87. The van der Waals surface area contributed by atoms with E-state index in [2.05, 4.69) is 10.1 Å². The fourth-order valence-electron chi connectivity index (χ4n) is 4.32. The predicted octanol–water partition coefficient (Wildman–Crippen LogP) is 3.99. The zero-order valence-corrected chi connectivity index (χ0v) is 17.6. The Morgan fingerprint density at radius 2 is 1.91 bits per heavy atom. The first kappa shape index (κ1) is 18.4. The molecule has 0 saturated carbocycles. The minimum atomic E-state index is -0.248. The molecule has 0 fully saturated rings. The number of hydrogen-bond acceptors (Lipinski definition) is 5. The van der Waals surface area contributed by atoms with E-state index in [9.17, 15) is 9.59 Å². The summed E-state index contributed by atoms with van der Waals surface area (Å²) in [5.74, 6) is 0.691. The largest absolute Gasteiger partial charge is 0.497 e. The summed E-state index contributed by atoms with van der Waals surface area (Å²) in [5.41, 5.74) is 4.16. The normalized spacial score (nSPS) is 11.8. The van der Waals surface area contributed by atoms with E-state index in [4.69, 9.17) is 14.1 Å². The Hall–Kier alpha value is -4.33. The van der Waals surface area contributed by atoms with Crippen LogP contribution in [-0.4, -0.2) is 26.9 Å². The maximum absolute atomic E-state index is 13.2. The average molecular weight is 426 g/mol. The van der Waals surface area contributed by atoms with Gasteiger partial charge in [-0.25, -0.2) is 4.98 Å². The zero-order chi connectivity index (χ0) is 22.1. The minimum absolute atomic E-state index is 0.105. The summed E-state index contributed by atoms with van der Waals surface area (Å²) < 4.78 is 13.3. The lowest BCUT2D eigenvalue weighted by atomic mass is 10.0. The molecule has 0 atom stereocenters. The summed E-state index contributed by atoms with van der Waals surface area (Å²) in [4.78, 5) is 33.2. The Labute approximate surface area is 180 Å². The molecule has 158 valence electrons. The number of aromatic amines is 2. The van der Waals surface area contributed by atoms with Crippen LogP contribution in [0.15, 0.2) is 56.6 Å². The molecule has 32 heavy (non-hydrogen) atoms. The van der Waals surface area contributed by atoms with Crippen molar-refractivity contribution in [3.8, 4) is 16.9 Å². The van der Waals surface area contributed by atoms with Gasteiger partial charge in [0.15, 0.2) is 16.7 Å². The summed E-state index contributed by atoms with van der Waals surface area (Å²) in [6.07, 6.45) is 1.80. The summed E-state index contributed by atoms with van der Waals surface area (Å²) >= 11 is 0. The first-order valence-corrected chi connectivity index (χ1v) is 10.1. The third-order valence-corrected chi connectivity index (χ3v) is 6.03. The van der Waals surface area contributed by atoms with Crippen LogP contribution in [0.25, 0.3) is 55.1 Å². The molecule has 0 unspecified atom stereocenters. The van der Waals surface area contributed by atoms with Gasteiger partial charge in [0.25, 0.3) is 5.56 Å². The van der Waals surface area contributed by atoms with Crippen LogP contribution in [0.3, 0.4) is 0 Å². The van der Waals surface area contributed by atoms with Gasteiger partial charge in [0.2, 0.25) is 0 Å². The highest BCUT2D eigenvalue weighted by Gasteiger charge is 2.22. The molecule has 4 heterocycles. The molecule has 0 bridgehead atoms. The molecule has 2 aromatic carbocycles. The summed E-state index contributed by atoms with van der Waals surface area (Å²) in [6.45, 7) is 1.73. The van der Waals surface area contributed by atoms with E-state index in [1.54, 1.807) is 37.0 Å². The Morgan fingerprint density at radius 1 is 1.06 bits per heavy atom. The number of furan rings is 1. The predicted molar refractivity (Wildman–Crippen MR) is 123 cm³/mol. The monoisotopic (exact) mass is 426 g/mol. The van der Waals surface area contributed by atoms with Crippen molar-refractivity contribution in [2.45, 2.75) is 6.92 Å². The molecule has 6 rings (SSSR count). The number of H-pyrrole nitrogens is 2. The van der Waals surface area contributed by atoms with Crippen molar-refractivity contribution in [2.75, 3.05) is 7.11 Å². The van der Waals surface area contributed by atoms with Crippen LogP contribution >= 0.6 is 0 Å². The standard InChI is InChI=1S/C24H18N4O4/c1-11-18(29)7-5-14-20-22(32-21(11)14)19(16-10-25-28(2)23(16)27-20)15-9-12-8-13(31-3)4-6-17(12)26-24(15)30/h4-10,25H,1-3H3,(H,26,30). The number of aromatic nitrogens is 4. The second-order valence-electron chi connectivity index (χ2n) is 7.87. The molecule has 8 heteroatoms. The fourth-order valence-corrected chi connectivity index (χ4v) is 4.32. The number of fused-ring (bicyclic) bond motifs is 5. The van der Waals surface area contributed by atoms with Gasteiger partial charge in [-0.2, -0.15) is 0 Å². The van der Waals surface area contributed by atoms with Gasteiger partial charge in [0.05, 0.1) is 12.7 Å². The maximum Gasteiger partial charge on any atom is 0.256 e. The topological polar surface area (TPSA) is 106 Å². The maximum atomic E-state index is 13.2. The molecular weight excluding hydrogens is 408 g/mol. The van der Waals surface area contributed by atoms with Crippen LogP contribution < -0.4 is 15.7 Å². The van der Waals surface area contributed by atoms with Crippen molar-refractivity contribution in [3.05, 3.63) is 68.7 Å². The highest BCUT2D eigenvalue weighted by atomic mass is 16.5. The highest BCUT2D eigenvalue weighted by molar-refractivity contribution is 6.15. The molecule has 0 aliphatic carbocycles. The van der Waals surface area contributed by atoms with Crippen molar-refractivity contribution in [3.63, 3.8) is 0 Å². The molecule has 4 aromatic heterocycles. The SMILES string of the molecule is COc1ccc2[nH]c(=O)c(-c3c4c[nH]n(C)c4nc4c3oc3c(C)c(=O)ccc34)cc2c1. The molecule has 0 spiro atoms. The van der Waals surface area contributed by atoms with E-state index in [0.717, 1.165) is 16.2 Å². The quantitative estimate of drug-likeness (QED) is 0.436. The lowest BCUT2D eigenvalue weighted by molar-refractivity contribution is 0.415. The van der Waals surface area contributed by atoms with Crippen LogP contribution in [0.4, 0.5) is 0 Å². The number of benzene rings is 2. The molecule has 0 aliphatic heterocycles. The van der Waals surface area contributed by atoms with Gasteiger partial charge in [-0.05, 0) is 43.3 Å². The molecule has 0 radical (unpaired) electrons. The lowest BCUT2D eigenvalue weighted by Crippen LogP contribution is -2.09. The van der Waals surface area contributed by atoms with Crippen molar-refractivity contribution < 1.29 is 9.15 Å². The van der Waals surface area contributed by atoms with Crippen LogP contribution in [0.2, 0.25) is 0 Å². The van der Waals surface area contributed by atoms with Crippen LogP contribution in [0, 0.1) is 6.92 Å². The van der Waals surface area contributed by atoms with E-state index >= 15 is 0 Å². The van der Waals surface area contributed by atoms with Gasteiger partial charge in [-0.1, -0.05) is 0 Å². The molecule has 2 N–H and O–H groups in total. The number of pyridine rings is 2. The number of ether oxygens (including phenoxy) is 1. The van der Waals surface area contributed by atoms with E-state index in [0.29, 0.717) is 50.3 Å². The third-order valence-electron chi connectivity index (χ3n) is 6.03.